The largest absolute Gasteiger partial charge is 0.488 e. The van der Waals surface area contributed by atoms with Crippen molar-refractivity contribution in [3.8, 4) is 17.1 Å². The number of aromatic nitrogens is 2. The molecule has 0 spiro atoms. The van der Waals surface area contributed by atoms with Crippen molar-refractivity contribution in [2.24, 2.45) is 5.92 Å². The molecule has 1 saturated heterocycles. The van der Waals surface area contributed by atoms with E-state index >= 15 is 0 Å². The molecule has 1 aliphatic heterocycles. The van der Waals surface area contributed by atoms with Crippen LogP contribution in [0.1, 0.15) is 89.5 Å². The van der Waals surface area contributed by atoms with E-state index in [0.717, 1.165) is 30.1 Å². The van der Waals surface area contributed by atoms with E-state index in [1.165, 1.54) is 56.9 Å². The molecular formula is C27H38N2O2. The minimum Gasteiger partial charge on any atom is -0.488 e. The van der Waals surface area contributed by atoms with Crippen molar-refractivity contribution in [2.45, 2.75) is 96.2 Å². The number of unbranched alkanes of at least 4 members (excludes halogenated alkanes) is 2. The van der Waals surface area contributed by atoms with Crippen LogP contribution in [0.15, 0.2) is 36.7 Å². The first-order valence-corrected chi connectivity index (χ1v) is 12.5. The zero-order chi connectivity index (χ0) is 21.5. The van der Waals surface area contributed by atoms with E-state index in [0.29, 0.717) is 24.4 Å². The monoisotopic (exact) mass is 422 g/mol. The van der Waals surface area contributed by atoms with Gasteiger partial charge in [0.1, 0.15) is 12.7 Å². The highest BCUT2D eigenvalue weighted by Gasteiger charge is 2.38. The summed E-state index contributed by atoms with van der Waals surface area (Å²) in [6, 6.07) is 8.91. The Morgan fingerprint density at radius 3 is 2.29 bits per heavy atom. The number of nitrogens with zero attached hydrogens (tertiary/aromatic N) is 2. The lowest BCUT2D eigenvalue weighted by atomic mass is 9.77. The molecule has 4 nitrogen and oxygen atoms in total. The van der Waals surface area contributed by atoms with Crippen LogP contribution in [0.25, 0.3) is 11.4 Å². The summed E-state index contributed by atoms with van der Waals surface area (Å²) in [5, 5.41) is 0. The maximum atomic E-state index is 5.79. The van der Waals surface area contributed by atoms with Gasteiger partial charge in [0.05, 0.1) is 18.5 Å². The Morgan fingerprint density at radius 1 is 0.871 bits per heavy atom. The van der Waals surface area contributed by atoms with E-state index in [4.69, 9.17) is 9.47 Å². The van der Waals surface area contributed by atoms with E-state index in [2.05, 4.69) is 48.1 Å². The van der Waals surface area contributed by atoms with Gasteiger partial charge in [-0.2, -0.15) is 0 Å². The smallest absolute Gasteiger partial charge is 0.159 e. The summed E-state index contributed by atoms with van der Waals surface area (Å²) < 4.78 is 11.4. The molecule has 0 N–H and O–H groups in total. The first-order valence-electron chi connectivity index (χ1n) is 12.5. The van der Waals surface area contributed by atoms with E-state index in [1.54, 1.807) is 12.4 Å². The summed E-state index contributed by atoms with van der Waals surface area (Å²) in [5.41, 5.74) is 2.54. The van der Waals surface area contributed by atoms with Gasteiger partial charge in [-0.05, 0) is 49.5 Å². The van der Waals surface area contributed by atoms with Gasteiger partial charge in [-0.15, -0.1) is 0 Å². The zero-order valence-corrected chi connectivity index (χ0v) is 19.3. The number of hydrogen-bond acceptors (Lipinski definition) is 4. The lowest BCUT2D eigenvalue weighted by molar-refractivity contribution is 0.258. The van der Waals surface area contributed by atoms with E-state index in [1.807, 2.05) is 0 Å². The third kappa shape index (κ3) is 6.29. The molecule has 1 aliphatic carbocycles. The average molecular weight is 423 g/mol. The van der Waals surface area contributed by atoms with Crippen LogP contribution < -0.4 is 4.74 Å². The molecule has 2 aliphatic rings. The normalized spacial score (nSPS) is 25.4. The Balaban J connectivity index is 1.24. The maximum Gasteiger partial charge on any atom is 0.159 e. The van der Waals surface area contributed by atoms with Crippen LogP contribution in [0.5, 0.6) is 5.75 Å². The van der Waals surface area contributed by atoms with Crippen LogP contribution in [0, 0.1) is 5.92 Å². The second-order valence-corrected chi connectivity index (χ2v) is 9.39. The Bertz CT molecular complexity index is 782. The molecule has 0 amide bonds. The molecule has 1 saturated carbocycles. The predicted molar refractivity (Wildman–Crippen MR) is 125 cm³/mol. The van der Waals surface area contributed by atoms with Crippen molar-refractivity contribution in [3.05, 3.63) is 42.2 Å². The molecule has 0 bridgehead atoms. The van der Waals surface area contributed by atoms with Gasteiger partial charge >= 0.3 is 0 Å². The van der Waals surface area contributed by atoms with Crippen molar-refractivity contribution in [1.82, 2.24) is 9.97 Å². The Morgan fingerprint density at radius 2 is 1.61 bits per heavy atom. The second kappa shape index (κ2) is 11.1. The summed E-state index contributed by atoms with van der Waals surface area (Å²) in [6.45, 7) is 5.06. The van der Waals surface area contributed by atoms with Crippen molar-refractivity contribution >= 4 is 0 Å². The van der Waals surface area contributed by atoms with Gasteiger partial charge in [-0.1, -0.05) is 70.2 Å². The zero-order valence-electron chi connectivity index (χ0n) is 19.3. The molecule has 4 heteroatoms. The third-order valence-corrected chi connectivity index (χ3v) is 7.01. The molecule has 31 heavy (non-hydrogen) atoms. The fourth-order valence-electron chi connectivity index (χ4n) is 4.95. The molecule has 2 aromatic rings. The summed E-state index contributed by atoms with van der Waals surface area (Å²) in [4.78, 5) is 9.03. The number of rotatable bonds is 11. The highest BCUT2D eigenvalue weighted by Crippen LogP contribution is 2.38. The van der Waals surface area contributed by atoms with E-state index in [9.17, 15) is 0 Å². The summed E-state index contributed by atoms with van der Waals surface area (Å²) >= 11 is 0. The summed E-state index contributed by atoms with van der Waals surface area (Å²) in [5.74, 6) is 3.14. The van der Waals surface area contributed by atoms with Gasteiger partial charge in [0.2, 0.25) is 0 Å². The Kier molecular flexibility index (Phi) is 7.96. The predicted octanol–water partition coefficient (Wildman–Crippen LogP) is 6.94. The van der Waals surface area contributed by atoms with Gasteiger partial charge in [-0.25, -0.2) is 9.97 Å². The lowest BCUT2D eigenvalue weighted by Crippen LogP contribution is -2.13. The molecule has 168 valence electrons. The molecule has 1 aromatic heterocycles. The van der Waals surface area contributed by atoms with Crippen LogP contribution in [-0.2, 0) is 4.74 Å². The third-order valence-electron chi connectivity index (χ3n) is 7.01. The van der Waals surface area contributed by atoms with Crippen molar-refractivity contribution < 1.29 is 9.47 Å². The van der Waals surface area contributed by atoms with Crippen molar-refractivity contribution in [3.63, 3.8) is 0 Å². The fourth-order valence-corrected chi connectivity index (χ4v) is 4.95. The SMILES string of the molecule is CCCCC[C@H]1CC[C@H](c2ccc(-c3ncc(OC[C@@H]4O[C@@H]4CCC)cn3)cc2)CC1. The standard InChI is InChI=1S/C27H38N2O2/c1-3-5-6-8-20-9-11-21(12-10-20)22-13-15-23(16-14-22)27-28-17-24(18-29-27)30-19-26-25(31-26)7-4-2/h13-18,20-21,25-26H,3-12,19H2,1-2H3/t20-,21-,25-,26+/m1/s1. The minimum absolute atomic E-state index is 0.235. The molecule has 1 aromatic carbocycles. The quantitative estimate of drug-likeness (QED) is 0.290. The van der Waals surface area contributed by atoms with Gasteiger partial charge in [0, 0.05) is 5.56 Å². The van der Waals surface area contributed by atoms with Crippen molar-refractivity contribution in [1.29, 1.82) is 0 Å². The number of epoxide rings is 1. The highest BCUT2D eigenvalue weighted by molar-refractivity contribution is 5.55. The van der Waals surface area contributed by atoms with Gasteiger partial charge < -0.3 is 9.47 Å². The van der Waals surface area contributed by atoms with Crippen LogP contribution in [0.4, 0.5) is 0 Å². The molecular weight excluding hydrogens is 384 g/mol. The fraction of sp³-hybridized carbons (Fsp3) is 0.630. The molecule has 0 unspecified atom stereocenters. The summed E-state index contributed by atoms with van der Waals surface area (Å²) in [7, 11) is 0. The number of benzene rings is 1. The van der Waals surface area contributed by atoms with Crippen LogP contribution in [0.3, 0.4) is 0 Å². The second-order valence-electron chi connectivity index (χ2n) is 9.39. The average Bonchev–Trinajstić information content (AvgIpc) is 3.57. The van der Waals surface area contributed by atoms with Gasteiger partial charge in [0.15, 0.2) is 11.6 Å². The molecule has 0 radical (unpaired) electrons. The molecule has 2 heterocycles. The van der Waals surface area contributed by atoms with Gasteiger partial charge in [0.25, 0.3) is 0 Å². The van der Waals surface area contributed by atoms with Crippen LogP contribution in [0.2, 0.25) is 0 Å². The van der Waals surface area contributed by atoms with Crippen molar-refractivity contribution in [2.75, 3.05) is 6.61 Å². The molecule has 2 atom stereocenters. The van der Waals surface area contributed by atoms with Crippen LogP contribution >= 0.6 is 0 Å². The first-order chi connectivity index (χ1) is 15.3. The molecule has 2 fully saturated rings. The number of ether oxygens (including phenoxy) is 2. The van der Waals surface area contributed by atoms with E-state index < -0.39 is 0 Å². The molecule has 4 rings (SSSR count). The number of hydrogen-bond donors (Lipinski definition) is 0. The Labute approximate surface area is 187 Å². The first kappa shape index (κ1) is 22.3. The highest BCUT2D eigenvalue weighted by atomic mass is 16.6. The maximum absolute atomic E-state index is 5.79. The van der Waals surface area contributed by atoms with Crippen LogP contribution in [-0.4, -0.2) is 28.8 Å². The summed E-state index contributed by atoms with van der Waals surface area (Å²) in [6.07, 6.45) is 17.4. The topological polar surface area (TPSA) is 47.5 Å². The minimum atomic E-state index is 0.235. The van der Waals surface area contributed by atoms with E-state index in [-0.39, 0.29) is 6.10 Å². The lowest BCUT2D eigenvalue weighted by Gasteiger charge is -2.29. The van der Waals surface area contributed by atoms with Gasteiger partial charge in [-0.3, -0.25) is 0 Å². The Hall–Kier alpha value is -1.94.